The van der Waals surface area contributed by atoms with Crippen molar-refractivity contribution in [2.75, 3.05) is 11.5 Å². The number of anilines is 1. The minimum atomic E-state index is 0.791. The molecule has 0 spiro atoms. The van der Waals surface area contributed by atoms with Crippen LogP contribution in [0.5, 0.6) is 0 Å². The summed E-state index contributed by atoms with van der Waals surface area (Å²) in [5.74, 6) is 1.08. The van der Waals surface area contributed by atoms with Crippen LogP contribution in [0.3, 0.4) is 0 Å². The zero-order chi connectivity index (χ0) is 8.97. The molecule has 1 rings (SSSR count). The van der Waals surface area contributed by atoms with Crippen LogP contribution in [0, 0.1) is 6.92 Å². The Morgan fingerprint density at radius 3 is 2.92 bits per heavy atom. The number of pyridine rings is 1. The van der Waals surface area contributed by atoms with Gasteiger partial charge in [-0.05, 0) is 31.2 Å². The van der Waals surface area contributed by atoms with Crippen LogP contribution in [0.1, 0.15) is 19.0 Å². The average molecular weight is 182 g/mol. The van der Waals surface area contributed by atoms with Crippen LogP contribution >= 0.6 is 11.8 Å². The van der Waals surface area contributed by atoms with Gasteiger partial charge in [0.05, 0.1) is 5.69 Å². The summed E-state index contributed by atoms with van der Waals surface area (Å²) in [6.45, 7) is 4.13. The van der Waals surface area contributed by atoms with Crippen molar-refractivity contribution in [2.24, 2.45) is 0 Å². The molecule has 1 aromatic heterocycles. The fourth-order valence-electron chi connectivity index (χ4n) is 0.858. The van der Waals surface area contributed by atoms with Crippen molar-refractivity contribution < 1.29 is 0 Å². The highest BCUT2D eigenvalue weighted by molar-refractivity contribution is 7.99. The minimum Gasteiger partial charge on any atom is -0.397 e. The van der Waals surface area contributed by atoms with E-state index >= 15 is 0 Å². The molecule has 0 saturated heterocycles. The molecule has 0 aromatic carbocycles. The van der Waals surface area contributed by atoms with E-state index in [2.05, 4.69) is 11.9 Å². The molecular formula is C9H14N2S. The first-order valence-electron chi connectivity index (χ1n) is 4.10. The highest BCUT2D eigenvalue weighted by Crippen LogP contribution is 2.22. The highest BCUT2D eigenvalue weighted by Gasteiger charge is 2.00. The van der Waals surface area contributed by atoms with E-state index in [9.17, 15) is 0 Å². The Morgan fingerprint density at radius 2 is 2.25 bits per heavy atom. The third-order valence-electron chi connectivity index (χ3n) is 1.47. The highest BCUT2D eigenvalue weighted by atomic mass is 32.2. The largest absolute Gasteiger partial charge is 0.397 e. The van der Waals surface area contributed by atoms with E-state index in [4.69, 9.17) is 5.73 Å². The summed E-state index contributed by atoms with van der Waals surface area (Å²) in [6.07, 6.45) is 1.15. The van der Waals surface area contributed by atoms with Crippen LogP contribution in [-0.2, 0) is 0 Å². The van der Waals surface area contributed by atoms with Gasteiger partial charge in [0.15, 0.2) is 0 Å². The number of nitrogens with two attached hydrogens (primary N) is 1. The van der Waals surface area contributed by atoms with Gasteiger partial charge in [-0.1, -0.05) is 6.92 Å². The zero-order valence-corrected chi connectivity index (χ0v) is 8.32. The summed E-state index contributed by atoms with van der Waals surface area (Å²) < 4.78 is 0. The number of hydrogen-bond donors (Lipinski definition) is 1. The molecule has 3 heteroatoms. The quantitative estimate of drug-likeness (QED) is 0.730. The SMILES string of the molecule is CCCSc1nc(C)ccc1N. The zero-order valence-electron chi connectivity index (χ0n) is 7.50. The first-order chi connectivity index (χ1) is 5.74. The Labute approximate surface area is 77.6 Å². The monoisotopic (exact) mass is 182 g/mol. The third kappa shape index (κ3) is 2.41. The van der Waals surface area contributed by atoms with Gasteiger partial charge < -0.3 is 5.73 Å². The standard InChI is InChI=1S/C9H14N2S/c1-3-6-12-9-8(10)5-4-7(2)11-9/h4-5H,3,6,10H2,1-2H3. The molecule has 1 aromatic rings. The van der Waals surface area contributed by atoms with E-state index in [1.54, 1.807) is 11.8 Å². The summed E-state index contributed by atoms with van der Waals surface area (Å²) in [5, 5.41) is 0.969. The summed E-state index contributed by atoms with van der Waals surface area (Å²) in [7, 11) is 0. The molecule has 0 unspecified atom stereocenters. The number of thioether (sulfide) groups is 1. The summed E-state index contributed by atoms with van der Waals surface area (Å²) in [6, 6.07) is 3.85. The van der Waals surface area contributed by atoms with Crippen molar-refractivity contribution in [1.29, 1.82) is 0 Å². The fourth-order valence-corrected chi connectivity index (χ4v) is 1.70. The molecule has 0 aliphatic heterocycles. The van der Waals surface area contributed by atoms with Crippen LogP contribution in [0.25, 0.3) is 0 Å². The van der Waals surface area contributed by atoms with Gasteiger partial charge in [0, 0.05) is 5.69 Å². The Morgan fingerprint density at radius 1 is 1.50 bits per heavy atom. The molecule has 0 atom stereocenters. The lowest BCUT2D eigenvalue weighted by molar-refractivity contribution is 1.05. The molecule has 0 radical (unpaired) electrons. The van der Waals surface area contributed by atoms with Crippen molar-refractivity contribution in [3.8, 4) is 0 Å². The molecule has 1 heterocycles. The van der Waals surface area contributed by atoms with Crippen LogP contribution in [0.15, 0.2) is 17.2 Å². The maximum absolute atomic E-state index is 5.75. The van der Waals surface area contributed by atoms with E-state index in [0.29, 0.717) is 0 Å². The summed E-state index contributed by atoms with van der Waals surface area (Å²) >= 11 is 1.73. The predicted molar refractivity (Wildman–Crippen MR) is 54.4 cm³/mol. The van der Waals surface area contributed by atoms with Gasteiger partial charge in [-0.15, -0.1) is 11.8 Å². The number of hydrogen-bond acceptors (Lipinski definition) is 3. The second-order valence-corrected chi connectivity index (χ2v) is 3.78. The summed E-state index contributed by atoms with van der Waals surface area (Å²) in [5.41, 5.74) is 7.57. The molecule has 0 amide bonds. The third-order valence-corrected chi connectivity index (χ3v) is 2.68. The Kier molecular flexibility index (Phi) is 3.41. The number of nitrogens with zero attached hydrogens (tertiary/aromatic N) is 1. The first-order valence-corrected chi connectivity index (χ1v) is 5.08. The van der Waals surface area contributed by atoms with E-state index in [-0.39, 0.29) is 0 Å². The van der Waals surface area contributed by atoms with Gasteiger partial charge in [0.25, 0.3) is 0 Å². The van der Waals surface area contributed by atoms with Crippen molar-refractivity contribution in [1.82, 2.24) is 4.98 Å². The lowest BCUT2D eigenvalue weighted by atomic mass is 10.3. The topological polar surface area (TPSA) is 38.9 Å². The maximum Gasteiger partial charge on any atom is 0.119 e. The normalized spacial score (nSPS) is 10.2. The average Bonchev–Trinajstić information content (AvgIpc) is 2.07. The van der Waals surface area contributed by atoms with E-state index in [1.165, 1.54) is 0 Å². The molecule has 0 aliphatic carbocycles. The lowest BCUT2D eigenvalue weighted by Crippen LogP contribution is -1.93. The van der Waals surface area contributed by atoms with Crippen molar-refractivity contribution in [2.45, 2.75) is 25.3 Å². The van der Waals surface area contributed by atoms with Gasteiger partial charge in [0.1, 0.15) is 5.03 Å². The first kappa shape index (κ1) is 9.39. The number of aromatic nitrogens is 1. The molecule has 0 fully saturated rings. The van der Waals surface area contributed by atoms with Crippen molar-refractivity contribution in [3.05, 3.63) is 17.8 Å². The van der Waals surface area contributed by atoms with E-state index in [1.807, 2.05) is 19.1 Å². The molecule has 12 heavy (non-hydrogen) atoms. The molecule has 2 N–H and O–H groups in total. The van der Waals surface area contributed by atoms with Gasteiger partial charge in [-0.25, -0.2) is 4.98 Å². The second-order valence-electron chi connectivity index (χ2n) is 2.70. The Balaban J connectivity index is 2.75. The fraction of sp³-hybridized carbons (Fsp3) is 0.444. The number of rotatable bonds is 3. The second kappa shape index (κ2) is 4.36. The number of nitrogen functional groups attached to an aromatic ring is 1. The minimum absolute atomic E-state index is 0.791. The van der Waals surface area contributed by atoms with Crippen molar-refractivity contribution >= 4 is 17.4 Å². The molecular weight excluding hydrogens is 168 g/mol. The van der Waals surface area contributed by atoms with Gasteiger partial charge in [-0.2, -0.15) is 0 Å². The van der Waals surface area contributed by atoms with Crippen LogP contribution in [0.2, 0.25) is 0 Å². The Bertz CT molecular complexity index is 261. The molecule has 0 saturated carbocycles. The van der Waals surface area contributed by atoms with Crippen LogP contribution in [-0.4, -0.2) is 10.7 Å². The van der Waals surface area contributed by atoms with E-state index in [0.717, 1.165) is 28.6 Å². The maximum atomic E-state index is 5.75. The van der Waals surface area contributed by atoms with Crippen molar-refractivity contribution in [3.63, 3.8) is 0 Å². The Hall–Kier alpha value is -0.700. The van der Waals surface area contributed by atoms with Crippen LogP contribution in [0.4, 0.5) is 5.69 Å². The van der Waals surface area contributed by atoms with E-state index < -0.39 is 0 Å². The molecule has 66 valence electrons. The van der Waals surface area contributed by atoms with Gasteiger partial charge >= 0.3 is 0 Å². The van der Waals surface area contributed by atoms with Gasteiger partial charge in [0.2, 0.25) is 0 Å². The molecule has 0 aliphatic rings. The molecule has 2 nitrogen and oxygen atoms in total. The molecule has 0 bridgehead atoms. The smallest absolute Gasteiger partial charge is 0.119 e. The summed E-state index contributed by atoms with van der Waals surface area (Å²) in [4.78, 5) is 4.35. The number of aryl methyl sites for hydroxylation is 1. The lowest BCUT2D eigenvalue weighted by Gasteiger charge is -2.03. The van der Waals surface area contributed by atoms with Gasteiger partial charge in [-0.3, -0.25) is 0 Å². The predicted octanol–water partition coefficient (Wildman–Crippen LogP) is 2.47. The van der Waals surface area contributed by atoms with Crippen LogP contribution < -0.4 is 5.73 Å².